The minimum absolute atomic E-state index is 0. The smallest absolute Gasteiger partial charge is 0.390 e. The van der Waals surface area contributed by atoms with Crippen molar-refractivity contribution < 1.29 is 28.3 Å². The molecular weight excluding hydrogens is 390 g/mol. The zero-order chi connectivity index (χ0) is 17.2. The van der Waals surface area contributed by atoms with Crippen molar-refractivity contribution in [3.63, 3.8) is 0 Å². The lowest BCUT2D eigenvalue weighted by atomic mass is 9.99. The summed E-state index contributed by atoms with van der Waals surface area (Å²) in [4.78, 5) is 11.5. The maximum atomic E-state index is 12.9. The van der Waals surface area contributed by atoms with Gasteiger partial charge in [-0.2, -0.15) is 13.2 Å². The van der Waals surface area contributed by atoms with Crippen molar-refractivity contribution in [3.8, 4) is 11.5 Å². The number of alkyl halides is 3. The molecular formula is C13H18Cl2F3N3O4. The lowest BCUT2D eigenvalue weighted by molar-refractivity contribution is -0.386. The minimum Gasteiger partial charge on any atom is -0.504 e. The lowest BCUT2D eigenvalue weighted by Gasteiger charge is -2.35. The number of piperazine rings is 1. The predicted octanol–water partition coefficient (Wildman–Crippen LogP) is 2.75. The first kappa shape index (κ1) is 23.5. The Morgan fingerprint density at radius 1 is 1.24 bits per heavy atom. The van der Waals surface area contributed by atoms with E-state index in [1.54, 1.807) is 4.90 Å². The second kappa shape index (κ2) is 9.27. The molecule has 12 heteroatoms. The standard InChI is InChI=1S/C13H16F3N3O4.2ClH/c14-13(15,16)7-10(18-3-1-17-2-4-18)8-5-9(19(22)23)12(21)11(20)6-8;;/h5-6,10,17,20-21H,1-4,7H2;2*1H/t10-;;/m1../s1. The van der Waals surface area contributed by atoms with E-state index < -0.39 is 40.7 Å². The third kappa shape index (κ3) is 6.07. The first-order chi connectivity index (χ1) is 10.7. The monoisotopic (exact) mass is 407 g/mol. The Morgan fingerprint density at radius 2 is 1.80 bits per heavy atom. The van der Waals surface area contributed by atoms with Crippen LogP contribution in [0.5, 0.6) is 11.5 Å². The van der Waals surface area contributed by atoms with Crippen LogP contribution in [0.4, 0.5) is 18.9 Å². The van der Waals surface area contributed by atoms with Gasteiger partial charge in [0.05, 0.1) is 11.3 Å². The molecule has 1 fully saturated rings. The molecule has 1 saturated heterocycles. The molecule has 0 aromatic heterocycles. The van der Waals surface area contributed by atoms with Crippen LogP contribution in [0.25, 0.3) is 0 Å². The SMILES string of the molecule is Cl.Cl.O=[N+]([O-])c1cc([C@@H](CC(F)(F)F)N2CCNCC2)cc(O)c1O. The number of hydrogen-bond acceptors (Lipinski definition) is 6. The summed E-state index contributed by atoms with van der Waals surface area (Å²) in [6.07, 6.45) is -5.67. The van der Waals surface area contributed by atoms with E-state index in [1.807, 2.05) is 0 Å². The molecule has 1 atom stereocenters. The van der Waals surface area contributed by atoms with Gasteiger partial charge < -0.3 is 15.5 Å². The molecule has 0 radical (unpaired) electrons. The Kier molecular flexibility index (Phi) is 8.72. The number of phenols is 2. The summed E-state index contributed by atoms with van der Waals surface area (Å²) in [5.41, 5.74) is -0.867. The summed E-state index contributed by atoms with van der Waals surface area (Å²) in [6, 6.07) is 0.663. The highest BCUT2D eigenvalue weighted by Gasteiger charge is 2.37. The van der Waals surface area contributed by atoms with E-state index in [4.69, 9.17) is 0 Å². The fourth-order valence-electron chi connectivity index (χ4n) is 2.63. The van der Waals surface area contributed by atoms with Gasteiger partial charge >= 0.3 is 11.9 Å². The molecule has 7 nitrogen and oxygen atoms in total. The van der Waals surface area contributed by atoms with Crippen LogP contribution in [-0.2, 0) is 0 Å². The summed E-state index contributed by atoms with van der Waals surface area (Å²) < 4.78 is 38.7. The van der Waals surface area contributed by atoms with Crippen molar-refractivity contribution in [2.45, 2.75) is 18.6 Å². The Balaban J connectivity index is 0.00000288. The van der Waals surface area contributed by atoms with Crippen LogP contribution >= 0.6 is 24.8 Å². The lowest BCUT2D eigenvalue weighted by Crippen LogP contribution is -2.46. The highest BCUT2D eigenvalue weighted by Crippen LogP contribution is 2.41. The summed E-state index contributed by atoms with van der Waals surface area (Å²) in [5, 5.41) is 33.0. The van der Waals surface area contributed by atoms with Gasteiger partial charge in [-0.3, -0.25) is 15.0 Å². The number of nitrogens with zero attached hydrogens (tertiary/aromatic N) is 2. The third-order valence-corrected chi connectivity index (χ3v) is 3.69. The Bertz CT molecular complexity index is 599. The molecule has 25 heavy (non-hydrogen) atoms. The molecule has 1 aromatic rings. The van der Waals surface area contributed by atoms with Crippen molar-refractivity contribution >= 4 is 30.5 Å². The predicted molar refractivity (Wildman–Crippen MR) is 88.8 cm³/mol. The summed E-state index contributed by atoms with van der Waals surface area (Å²) >= 11 is 0. The van der Waals surface area contributed by atoms with Gasteiger partial charge in [-0.25, -0.2) is 0 Å². The molecule has 0 aliphatic carbocycles. The van der Waals surface area contributed by atoms with E-state index in [1.165, 1.54) is 0 Å². The number of benzene rings is 1. The van der Waals surface area contributed by atoms with E-state index in [9.17, 15) is 33.5 Å². The summed E-state index contributed by atoms with van der Waals surface area (Å²) in [5.74, 6) is -1.76. The largest absolute Gasteiger partial charge is 0.504 e. The van der Waals surface area contributed by atoms with Crippen LogP contribution in [0.2, 0.25) is 0 Å². The van der Waals surface area contributed by atoms with Crippen molar-refractivity contribution in [1.29, 1.82) is 0 Å². The molecule has 3 N–H and O–H groups in total. The topological polar surface area (TPSA) is 98.9 Å². The van der Waals surface area contributed by atoms with Crippen LogP contribution in [0.1, 0.15) is 18.0 Å². The fourth-order valence-corrected chi connectivity index (χ4v) is 2.63. The number of nitrogens with one attached hydrogen (secondary N) is 1. The van der Waals surface area contributed by atoms with Crippen molar-refractivity contribution in [3.05, 3.63) is 27.8 Å². The molecule has 0 bridgehead atoms. The van der Waals surface area contributed by atoms with Crippen LogP contribution in [0.15, 0.2) is 12.1 Å². The normalized spacial score (nSPS) is 16.4. The second-order valence-corrected chi connectivity index (χ2v) is 5.29. The minimum atomic E-state index is -4.47. The van der Waals surface area contributed by atoms with Gasteiger partial charge in [-0.05, 0) is 11.6 Å². The molecule has 0 amide bonds. The Labute approximate surface area is 153 Å². The summed E-state index contributed by atoms with van der Waals surface area (Å²) in [6.45, 7) is 1.69. The average molecular weight is 408 g/mol. The van der Waals surface area contributed by atoms with Crippen molar-refractivity contribution in [2.75, 3.05) is 26.2 Å². The highest BCUT2D eigenvalue weighted by atomic mass is 35.5. The maximum Gasteiger partial charge on any atom is 0.390 e. The molecule has 0 saturated carbocycles. The van der Waals surface area contributed by atoms with Crippen molar-refractivity contribution in [1.82, 2.24) is 10.2 Å². The van der Waals surface area contributed by atoms with Crippen LogP contribution in [0.3, 0.4) is 0 Å². The molecule has 0 unspecified atom stereocenters. The van der Waals surface area contributed by atoms with E-state index in [0.717, 1.165) is 12.1 Å². The zero-order valence-corrected chi connectivity index (χ0v) is 14.5. The van der Waals surface area contributed by atoms with E-state index in [-0.39, 0.29) is 30.4 Å². The van der Waals surface area contributed by atoms with Gasteiger partial charge in [0, 0.05) is 38.3 Å². The zero-order valence-electron chi connectivity index (χ0n) is 12.8. The highest BCUT2D eigenvalue weighted by molar-refractivity contribution is 5.85. The van der Waals surface area contributed by atoms with Gasteiger partial charge in [-0.1, -0.05) is 0 Å². The average Bonchev–Trinajstić information content (AvgIpc) is 2.47. The molecule has 1 aliphatic heterocycles. The number of halogens is 5. The van der Waals surface area contributed by atoms with Gasteiger partial charge in [0.1, 0.15) is 0 Å². The van der Waals surface area contributed by atoms with E-state index >= 15 is 0 Å². The first-order valence-electron chi connectivity index (χ1n) is 6.91. The summed E-state index contributed by atoms with van der Waals surface area (Å²) in [7, 11) is 0. The number of nitro groups is 1. The first-order valence-corrected chi connectivity index (χ1v) is 6.91. The molecule has 0 spiro atoms. The number of rotatable bonds is 4. The van der Waals surface area contributed by atoms with Crippen LogP contribution < -0.4 is 5.32 Å². The van der Waals surface area contributed by atoms with Crippen LogP contribution in [-0.4, -0.2) is 52.4 Å². The van der Waals surface area contributed by atoms with Gasteiger partial charge in [0.25, 0.3) is 0 Å². The quantitative estimate of drug-likeness (QED) is 0.403. The van der Waals surface area contributed by atoms with E-state index in [2.05, 4.69) is 5.32 Å². The number of hydrogen-bond donors (Lipinski definition) is 3. The van der Waals surface area contributed by atoms with Gasteiger partial charge in [-0.15, -0.1) is 24.8 Å². The maximum absolute atomic E-state index is 12.9. The van der Waals surface area contributed by atoms with Crippen molar-refractivity contribution in [2.24, 2.45) is 0 Å². The van der Waals surface area contributed by atoms with Crippen LogP contribution in [0, 0.1) is 10.1 Å². The molecule has 2 rings (SSSR count). The molecule has 1 heterocycles. The number of aromatic hydroxyl groups is 2. The number of phenolic OH excluding ortho intramolecular Hbond substituents is 2. The number of nitro benzene ring substituents is 1. The van der Waals surface area contributed by atoms with Gasteiger partial charge in [0.15, 0.2) is 5.75 Å². The Hall–Kier alpha value is -1.49. The molecule has 1 aromatic carbocycles. The Morgan fingerprint density at radius 3 is 2.28 bits per heavy atom. The second-order valence-electron chi connectivity index (χ2n) is 5.29. The van der Waals surface area contributed by atoms with E-state index in [0.29, 0.717) is 26.2 Å². The van der Waals surface area contributed by atoms with Gasteiger partial charge in [0.2, 0.25) is 5.75 Å². The fraction of sp³-hybridized carbons (Fsp3) is 0.538. The molecule has 1 aliphatic rings. The third-order valence-electron chi connectivity index (χ3n) is 3.69. The molecule has 144 valence electrons.